The Hall–Kier alpha value is -2.43. The van der Waals surface area contributed by atoms with Crippen molar-refractivity contribution in [3.63, 3.8) is 0 Å². The maximum absolute atomic E-state index is 12.7. The van der Waals surface area contributed by atoms with Crippen LogP contribution in [-0.2, 0) is 6.54 Å². The number of rotatable bonds is 4. The van der Waals surface area contributed by atoms with Crippen molar-refractivity contribution in [2.45, 2.75) is 19.5 Å². The Labute approximate surface area is 117 Å². The first-order valence-electron chi connectivity index (χ1n) is 6.34. The molecule has 0 unspecified atom stereocenters. The number of aromatic nitrogens is 1. The van der Waals surface area contributed by atoms with Crippen molar-refractivity contribution in [1.82, 2.24) is 15.6 Å². The lowest BCUT2D eigenvalue weighted by atomic mass is 10.1. The molecule has 0 spiro atoms. The summed E-state index contributed by atoms with van der Waals surface area (Å²) in [6.07, 6.45) is 3.37. The number of nitrogens with zero attached hydrogens (tertiary/aromatic N) is 1. The third-order valence-electron chi connectivity index (χ3n) is 2.92. The van der Waals surface area contributed by atoms with E-state index in [-0.39, 0.29) is 17.9 Å². The zero-order valence-electron chi connectivity index (χ0n) is 11.1. The molecule has 104 valence electrons. The average molecular weight is 273 g/mol. The number of halogens is 1. The highest BCUT2D eigenvalue weighted by atomic mass is 19.1. The number of hydrogen-bond donors (Lipinski definition) is 2. The molecule has 1 aromatic heterocycles. The van der Waals surface area contributed by atoms with Gasteiger partial charge in [-0.1, -0.05) is 12.1 Å². The van der Waals surface area contributed by atoms with Crippen LogP contribution in [-0.4, -0.2) is 11.0 Å². The summed E-state index contributed by atoms with van der Waals surface area (Å²) < 4.78 is 12.7. The first kappa shape index (κ1) is 14.0. The SMILES string of the molecule is C[C@H](NC(=O)NCc1ccc(F)cc1)c1ccncc1. The Bertz CT molecular complexity index is 557. The van der Waals surface area contributed by atoms with Crippen LogP contribution in [0.2, 0.25) is 0 Å². The molecule has 0 fully saturated rings. The maximum atomic E-state index is 12.7. The summed E-state index contributed by atoms with van der Waals surface area (Å²) in [6, 6.07) is 9.35. The fraction of sp³-hybridized carbons (Fsp3) is 0.200. The van der Waals surface area contributed by atoms with Gasteiger partial charge >= 0.3 is 6.03 Å². The Balaban J connectivity index is 1.82. The zero-order valence-corrected chi connectivity index (χ0v) is 11.1. The quantitative estimate of drug-likeness (QED) is 0.900. The first-order valence-corrected chi connectivity index (χ1v) is 6.34. The summed E-state index contributed by atoms with van der Waals surface area (Å²) in [7, 11) is 0. The minimum Gasteiger partial charge on any atom is -0.334 e. The van der Waals surface area contributed by atoms with Crippen molar-refractivity contribution in [3.05, 3.63) is 65.7 Å². The van der Waals surface area contributed by atoms with Crippen molar-refractivity contribution in [3.8, 4) is 0 Å². The molecule has 1 atom stereocenters. The van der Waals surface area contributed by atoms with Gasteiger partial charge in [0.15, 0.2) is 0 Å². The molecular formula is C15H16FN3O. The second-order valence-electron chi connectivity index (χ2n) is 4.46. The van der Waals surface area contributed by atoms with E-state index in [0.717, 1.165) is 11.1 Å². The normalized spacial score (nSPS) is 11.7. The summed E-state index contributed by atoms with van der Waals surface area (Å²) in [5.41, 5.74) is 1.83. The monoisotopic (exact) mass is 273 g/mol. The van der Waals surface area contributed by atoms with Crippen molar-refractivity contribution in [2.75, 3.05) is 0 Å². The predicted molar refractivity (Wildman–Crippen MR) is 74.4 cm³/mol. The molecule has 1 heterocycles. The van der Waals surface area contributed by atoms with E-state index in [1.807, 2.05) is 19.1 Å². The van der Waals surface area contributed by atoms with Crippen molar-refractivity contribution < 1.29 is 9.18 Å². The van der Waals surface area contributed by atoms with Gasteiger partial charge in [0.25, 0.3) is 0 Å². The molecule has 0 saturated carbocycles. The summed E-state index contributed by atoms with van der Waals surface area (Å²) in [6.45, 7) is 2.25. The number of amides is 2. The van der Waals surface area contributed by atoms with Crippen LogP contribution in [0.1, 0.15) is 24.1 Å². The van der Waals surface area contributed by atoms with E-state index < -0.39 is 0 Å². The number of carbonyl (C=O) groups is 1. The van der Waals surface area contributed by atoms with Crippen LogP contribution in [0.25, 0.3) is 0 Å². The zero-order chi connectivity index (χ0) is 14.4. The lowest BCUT2D eigenvalue weighted by Gasteiger charge is -2.14. The van der Waals surface area contributed by atoms with E-state index >= 15 is 0 Å². The Morgan fingerprint density at radius 3 is 2.50 bits per heavy atom. The molecule has 2 rings (SSSR count). The fourth-order valence-electron chi connectivity index (χ4n) is 1.77. The van der Waals surface area contributed by atoms with Crippen LogP contribution in [0.3, 0.4) is 0 Å². The minimum atomic E-state index is -0.287. The van der Waals surface area contributed by atoms with E-state index in [1.165, 1.54) is 12.1 Å². The van der Waals surface area contributed by atoms with Gasteiger partial charge in [-0.25, -0.2) is 9.18 Å². The summed E-state index contributed by atoms with van der Waals surface area (Å²) in [5.74, 6) is -0.287. The molecule has 0 aliphatic rings. The molecule has 4 nitrogen and oxygen atoms in total. The molecule has 0 bridgehead atoms. The van der Waals surface area contributed by atoms with E-state index in [0.29, 0.717) is 6.54 Å². The van der Waals surface area contributed by atoms with Gasteiger partial charge in [-0.3, -0.25) is 4.98 Å². The van der Waals surface area contributed by atoms with Crippen LogP contribution < -0.4 is 10.6 Å². The van der Waals surface area contributed by atoms with E-state index in [2.05, 4.69) is 15.6 Å². The molecule has 2 aromatic rings. The van der Waals surface area contributed by atoms with Crippen molar-refractivity contribution in [1.29, 1.82) is 0 Å². The Morgan fingerprint density at radius 1 is 1.20 bits per heavy atom. The first-order chi connectivity index (χ1) is 9.65. The topological polar surface area (TPSA) is 54.0 Å². The lowest BCUT2D eigenvalue weighted by molar-refractivity contribution is 0.237. The van der Waals surface area contributed by atoms with Gasteiger partial charge in [0, 0.05) is 18.9 Å². The lowest BCUT2D eigenvalue weighted by Crippen LogP contribution is -2.36. The number of nitrogens with one attached hydrogen (secondary N) is 2. The number of pyridine rings is 1. The second kappa shape index (κ2) is 6.65. The summed E-state index contributed by atoms with van der Waals surface area (Å²) in [4.78, 5) is 15.7. The van der Waals surface area contributed by atoms with Crippen LogP contribution >= 0.6 is 0 Å². The minimum absolute atomic E-state index is 0.105. The van der Waals surface area contributed by atoms with Gasteiger partial charge < -0.3 is 10.6 Å². The van der Waals surface area contributed by atoms with Gasteiger partial charge in [-0.15, -0.1) is 0 Å². The molecule has 2 amide bonds. The highest BCUT2D eigenvalue weighted by Crippen LogP contribution is 2.09. The van der Waals surface area contributed by atoms with Crippen molar-refractivity contribution in [2.24, 2.45) is 0 Å². The molecule has 0 radical (unpaired) electrons. The highest BCUT2D eigenvalue weighted by Gasteiger charge is 2.08. The molecule has 5 heteroatoms. The Kier molecular flexibility index (Phi) is 4.65. The Morgan fingerprint density at radius 2 is 1.85 bits per heavy atom. The van der Waals surface area contributed by atoms with E-state index in [1.54, 1.807) is 24.5 Å². The number of benzene rings is 1. The largest absolute Gasteiger partial charge is 0.334 e. The molecule has 1 aromatic carbocycles. The van der Waals surface area contributed by atoms with Crippen molar-refractivity contribution >= 4 is 6.03 Å². The summed E-state index contributed by atoms with van der Waals surface area (Å²) in [5, 5.41) is 5.56. The van der Waals surface area contributed by atoms with Gasteiger partial charge in [0.05, 0.1) is 6.04 Å². The van der Waals surface area contributed by atoms with Crippen LogP contribution in [0.4, 0.5) is 9.18 Å². The second-order valence-corrected chi connectivity index (χ2v) is 4.46. The van der Waals surface area contributed by atoms with Gasteiger partial charge in [0.2, 0.25) is 0 Å². The molecule has 20 heavy (non-hydrogen) atoms. The van der Waals surface area contributed by atoms with E-state index in [4.69, 9.17) is 0 Å². The standard InChI is InChI=1S/C15H16FN3O/c1-11(13-6-8-17-9-7-13)19-15(20)18-10-12-2-4-14(16)5-3-12/h2-9,11H,10H2,1H3,(H2,18,19,20)/t11-/m0/s1. The number of urea groups is 1. The van der Waals surface area contributed by atoms with Gasteiger partial charge in [-0.05, 0) is 42.3 Å². The smallest absolute Gasteiger partial charge is 0.315 e. The van der Waals surface area contributed by atoms with Crippen LogP contribution in [0.5, 0.6) is 0 Å². The molecular weight excluding hydrogens is 257 g/mol. The molecule has 0 saturated heterocycles. The third kappa shape index (κ3) is 4.05. The molecule has 0 aliphatic heterocycles. The number of carbonyl (C=O) groups excluding carboxylic acids is 1. The molecule has 2 N–H and O–H groups in total. The highest BCUT2D eigenvalue weighted by molar-refractivity contribution is 5.74. The summed E-state index contributed by atoms with van der Waals surface area (Å²) >= 11 is 0. The van der Waals surface area contributed by atoms with E-state index in [9.17, 15) is 9.18 Å². The fourth-order valence-corrected chi connectivity index (χ4v) is 1.77. The predicted octanol–water partition coefficient (Wildman–Crippen LogP) is 2.78. The maximum Gasteiger partial charge on any atom is 0.315 e. The van der Waals surface area contributed by atoms with Crippen LogP contribution in [0.15, 0.2) is 48.8 Å². The molecule has 0 aliphatic carbocycles. The van der Waals surface area contributed by atoms with Crippen LogP contribution in [0, 0.1) is 5.82 Å². The van der Waals surface area contributed by atoms with Gasteiger partial charge in [-0.2, -0.15) is 0 Å². The van der Waals surface area contributed by atoms with Gasteiger partial charge in [0.1, 0.15) is 5.82 Å². The number of hydrogen-bond acceptors (Lipinski definition) is 2. The average Bonchev–Trinajstić information content (AvgIpc) is 2.47. The third-order valence-corrected chi connectivity index (χ3v) is 2.92.